The maximum absolute atomic E-state index is 6.02. The minimum absolute atomic E-state index is 0.376. The Balaban J connectivity index is 2.13. The Labute approximate surface area is 109 Å². The zero-order valence-electron chi connectivity index (χ0n) is 10.3. The molecule has 3 aromatic rings. The van der Waals surface area contributed by atoms with Crippen molar-refractivity contribution in [1.82, 2.24) is 14.8 Å². The lowest BCUT2D eigenvalue weighted by atomic mass is 10.1. The number of aromatic nitrogens is 3. The molecule has 0 amide bonds. The van der Waals surface area contributed by atoms with E-state index in [0.29, 0.717) is 11.7 Å². The number of thiazole rings is 1. The van der Waals surface area contributed by atoms with Gasteiger partial charge in [0.25, 0.3) is 0 Å². The number of fused-ring (bicyclic) bond motifs is 1. The van der Waals surface area contributed by atoms with Crippen LogP contribution in [0.25, 0.3) is 15.9 Å². The molecule has 0 aliphatic rings. The van der Waals surface area contributed by atoms with Crippen LogP contribution < -0.4 is 5.73 Å². The Morgan fingerprint density at radius 1 is 1.28 bits per heavy atom. The van der Waals surface area contributed by atoms with Crippen LogP contribution in [0.3, 0.4) is 0 Å². The van der Waals surface area contributed by atoms with Gasteiger partial charge >= 0.3 is 0 Å². The quantitative estimate of drug-likeness (QED) is 0.768. The number of benzene rings is 1. The van der Waals surface area contributed by atoms with Crippen LogP contribution in [-0.4, -0.2) is 14.8 Å². The van der Waals surface area contributed by atoms with E-state index in [4.69, 9.17) is 5.73 Å². The van der Waals surface area contributed by atoms with Crippen molar-refractivity contribution in [3.05, 3.63) is 35.5 Å². The molecule has 2 N–H and O–H groups in total. The molecule has 0 unspecified atom stereocenters. The summed E-state index contributed by atoms with van der Waals surface area (Å²) in [5.41, 5.74) is 10.9. The predicted octanol–water partition coefficient (Wildman–Crippen LogP) is 3.19. The zero-order valence-corrected chi connectivity index (χ0v) is 11.1. The van der Waals surface area contributed by atoms with Gasteiger partial charge in [-0.1, -0.05) is 13.8 Å². The third-order valence-corrected chi connectivity index (χ3v) is 3.70. The van der Waals surface area contributed by atoms with Crippen LogP contribution in [0.4, 0.5) is 5.82 Å². The highest BCUT2D eigenvalue weighted by Crippen LogP contribution is 2.24. The molecule has 0 radical (unpaired) electrons. The minimum atomic E-state index is 0.376. The van der Waals surface area contributed by atoms with Crippen LogP contribution in [0.2, 0.25) is 0 Å². The van der Waals surface area contributed by atoms with Gasteiger partial charge in [0.15, 0.2) is 0 Å². The molecule has 0 saturated carbocycles. The topological polar surface area (TPSA) is 56.7 Å². The predicted molar refractivity (Wildman–Crippen MR) is 75.2 cm³/mol. The summed E-state index contributed by atoms with van der Waals surface area (Å²) in [7, 11) is 0. The molecule has 3 rings (SSSR count). The lowest BCUT2D eigenvalue weighted by Crippen LogP contribution is -2.01. The normalized spacial score (nSPS) is 11.5. The molecule has 4 nitrogen and oxygen atoms in total. The van der Waals surface area contributed by atoms with Crippen molar-refractivity contribution < 1.29 is 0 Å². The highest BCUT2D eigenvalue weighted by Gasteiger charge is 2.10. The molecule has 0 spiro atoms. The highest BCUT2D eigenvalue weighted by molar-refractivity contribution is 7.16. The average Bonchev–Trinajstić information content (AvgIpc) is 2.93. The van der Waals surface area contributed by atoms with Gasteiger partial charge in [-0.3, -0.25) is 0 Å². The third kappa shape index (κ3) is 1.76. The first-order valence-electron chi connectivity index (χ1n) is 5.84. The molecular formula is C13H14N4S. The number of hydrogen-bond donors (Lipinski definition) is 1. The van der Waals surface area contributed by atoms with Crippen molar-refractivity contribution in [2.75, 3.05) is 5.73 Å². The molecule has 0 aliphatic carbocycles. The Morgan fingerprint density at radius 2 is 2.11 bits per heavy atom. The van der Waals surface area contributed by atoms with Crippen LogP contribution in [0.5, 0.6) is 0 Å². The van der Waals surface area contributed by atoms with E-state index in [2.05, 4.69) is 30.0 Å². The van der Waals surface area contributed by atoms with E-state index in [9.17, 15) is 0 Å². The maximum Gasteiger partial charge on any atom is 0.127 e. The second-order valence-corrected chi connectivity index (χ2v) is 5.45. The van der Waals surface area contributed by atoms with Crippen LogP contribution in [0, 0.1) is 0 Å². The van der Waals surface area contributed by atoms with Crippen molar-refractivity contribution in [3.8, 4) is 5.69 Å². The molecule has 2 heterocycles. The van der Waals surface area contributed by atoms with Crippen LogP contribution in [-0.2, 0) is 0 Å². The maximum atomic E-state index is 6.02. The standard InChI is InChI=1S/C13H14N4S/c1-8(2)11-6-13(14)17(16-11)9-3-4-10-12(5-9)18-7-15-10/h3-8H,14H2,1-2H3. The summed E-state index contributed by atoms with van der Waals surface area (Å²) in [6, 6.07) is 7.99. The molecule has 0 bridgehead atoms. The molecule has 0 saturated heterocycles. The average molecular weight is 258 g/mol. The minimum Gasteiger partial charge on any atom is -0.384 e. The van der Waals surface area contributed by atoms with Crippen molar-refractivity contribution in [2.24, 2.45) is 0 Å². The monoisotopic (exact) mass is 258 g/mol. The molecule has 0 aliphatic heterocycles. The fraction of sp³-hybridized carbons (Fsp3) is 0.231. The van der Waals surface area contributed by atoms with E-state index in [-0.39, 0.29) is 0 Å². The fourth-order valence-electron chi connectivity index (χ4n) is 1.88. The summed E-state index contributed by atoms with van der Waals surface area (Å²) in [6.07, 6.45) is 0. The number of anilines is 1. The van der Waals surface area contributed by atoms with Gasteiger partial charge in [0, 0.05) is 6.07 Å². The first kappa shape index (κ1) is 11.2. The van der Waals surface area contributed by atoms with Gasteiger partial charge < -0.3 is 5.73 Å². The number of nitrogen functional groups attached to an aromatic ring is 1. The Bertz CT molecular complexity index is 696. The molecule has 5 heteroatoms. The molecule has 2 aromatic heterocycles. The van der Waals surface area contributed by atoms with Crippen LogP contribution in [0.1, 0.15) is 25.5 Å². The summed E-state index contributed by atoms with van der Waals surface area (Å²) in [5, 5.41) is 4.55. The number of nitrogens with two attached hydrogens (primary N) is 1. The van der Waals surface area contributed by atoms with E-state index >= 15 is 0 Å². The molecular weight excluding hydrogens is 244 g/mol. The van der Waals surface area contributed by atoms with Crippen molar-refractivity contribution in [2.45, 2.75) is 19.8 Å². The Hall–Kier alpha value is -1.88. The number of rotatable bonds is 2. The van der Waals surface area contributed by atoms with Gasteiger partial charge in [-0.25, -0.2) is 9.67 Å². The summed E-state index contributed by atoms with van der Waals surface area (Å²) >= 11 is 1.62. The third-order valence-electron chi connectivity index (χ3n) is 2.91. The fourth-order valence-corrected chi connectivity index (χ4v) is 2.59. The number of nitrogens with zero attached hydrogens (tertiary/aromatic N) is 3. The summed E-state index contributed by atoms with van der Waals surface area (Å²) < 4.78 is 2.93. The van der Waals surface area contributed by atoms with E-state index in [0.717, 1.165) is 21.6 Å². The van der Waals surface area contributed by atoms with Crippen LogP contribution >= 0.6 is 11.3 Å². The molecule has 92 valence electrons. The SMILES string of the molecule is CC(C)c1cc(N)n(-c2ccc3ncsc3c2)n1. The van der Waals surface area contributed by atoms with Crippen molar-refractivity contribution >= 4 is 27.4 Å². The van der Waals surface area contributed by atoms with E-state index < -0.39 is 0 Å². The largest absolute Gasteiger partial charge is 0.384 e. The van der Waals surface area contributed by atoms with Crippen LogP contribution in [0.15, 0.2) is 29.8 Å². The van der Waals surface area contributed by atoms with Gasteiger partial charge in [0.1, 0.15) is 5.82 Å². The van der Waals surface area contributed by atoms with Crippen molar-refractivity contribution in [1.29, 1.82) is 0 Å². The first-order chi connectivity index (χ1) is 8.65. The molecule has 18 heavy (non-hydrogen) atoms. The van der Waals surface area contributed by atoms with Gasteiger partial charge in [-0.2, -0.15) is 5.10 Å². The second-order valence-electron chi connectivity index (χ2n) is 4.56. The van der Waals surface area contributed by atoms with Gasteiger partial charge in [-0.05, 0) is 24.1 Å². The van der Waals surface area contributed by atoms with Crippen molar-refractivity contribution in [3.63, 3.8) is 0 Å². The lowest BCUT2D eigenvalue weighted by molar-refractivity contribution is 0.771. The summed E-state index contributed by atoms with van der Waals surface area (Å²) in [5.74, 6) is 1.04. The summed E-state index contributed by atoms with van der Waals surface area (Å²) in [4.78, 5) is 4.27. The van der Waals surface area contributed by atoms with E-state index in [1.165, 1.54) is 0 Å². The smallest absolute Gasteiger partial charge is 0.127 e. The first-order valence-corrected chi connectivity index (χ1v) is 6.72. The van der Waals surface area contributed by atoms with E-state index in [1.807, 2.05) is 23.7 Å². The highest BCUT2D eigenvalue weighted by atomic mass is 32.1. The van der Waals surface area contributed by atoms with Gasteiger partial charge in [0.2, 0.25) is 0 Å². The van der Waals surface area contributed by atoms with Gasteiger partial charge in [0.05, 0.1) is 27.1 Å². The summed E-state index contributed by atoms with van der Waals surface area (Å²) in [6.45, 7) is 4.22. The van der Waals surface area contributed by atoms with E-state index in [1.54, 1.807) is 16.0 Å². The Morgan fingerprint density at radius 3 is 2.83 bits per heavy atom. The lowest BCUT2D eigenvalue weighted by Gasteiger charge is -2.04. The second kappa shape index (κ2) is 4.10. The molecule has 1 aromatic carbocycles. The molecule has 0 fully saturated rings. The number of hydrogen-bond acceptors (Lipinski definition) is 4. The molecule has 0 atom stereocenters. The van der Waals surface area contributed by atoms with Gasteiger partial charge in [-0.15, -0.1) is 11.3 Å². The Kier molecular flexibility index (Phi) is 2.56. The zero-order chi connectivity index (χ0) is 12.7.